The predicted molar refractivity (Wildman–Crippen MR) is 126 cm³/mol. The molecule has 0 radical (unpaired) electrons. The Kier molecular flexibility index (Phi) is 6.78. The van der Waals surface area contributed by atoms with Crippen molar-refractivity contribution in [3.8, 4) is 17.1 Å². The van der Waals surface area contributed by atoms with Gasteiger partial charge in [0, 0.05) is 18.2 Å². The second kappa shape index (κ2) is 9.44. The molecule has 0 bridgehead atoms. The highest BCUT2D eigenvalue weighted by molar-refractivity contribution is 7.91. The van der Waals surface area contributed by atoms with Gasteiger partial charge >= 0.3 is 0 Å². The van der Waals surface area contributed by atoms with Gasteiger partial charge in [0.2, 0.25) is 4.77 Å². The lowest BCUT2D eigenvalue weighted by molar-refractivity contribution is 0.137. The number of sulfone groups is 1. The third-order valence-electron chi connectivity index (χ3n) is 5.67. The zero-order valence-electron chi connectivity index (χ0n) is 18.5. The van der Waals surface area contributed by atoms with Crippen molar-refractivity contribution in [2.24, 2.45) is 5.92 Å². The average Bonchev–Trinajstić information content (AvgIpc) is 3.28. The highest BCUT2D eigenvalue weighted by Gasteiger charge is 2.33. The van der Waals surface area contributed by atoms with Crippen LogP contribution in [0.2, 0.25) is 0 Å². The van der Waals surface area contributed by atoms with E-state index in [2.05, 4.69) is 18.7 Å². The Bertz CT molecular complexity index is 1280. The highest BCUT2D eigenvalue weighted by atomic mass is 32.2. The van der Waals surface area contributed by atoms with Crippen LogP contribution in [0.4, 0.5) is 8.78 Å². The first-order valence-corrected chi connectivity index (χ1v) is 13.0. The molecular weight excluding hydrogens is 466 g/mol. The summed E-state index contributed by atoms with van der Waals surface area (Å²) in [5.74, 6) is 0.384. The van der Waals surface area contributed by atoms with E-state index in [-0.39, 0.29) is 29.2 Å². The van der Waals surface area contributed by atoms with E-state index in [1.165, 1.54) is 24.3 Å². The first-order valence-electron chi connectivity index (χ1n) is 10.8. The van der Waals surface area contributed by atoms with Crippen LogP contribution in [0.5, 0.6) is 0 Å². The molecule has 0 aliphatic carbocycles. The molecule has 0 spiro atoms. The Morgan fingerprint density at radius 1 is 1.09 bits per heavy atom. The maximum absolute atomic E-state index is 13.6. The molecule has 1 fully saturated rings. The Labute approximate surface area is 197 Å². The lowest BCUT2D eigenvalue weighted by atomic mass is 10.1. The molecule has 0 amide bonds. The van der Waals surface area contributed by atoms with Gasteiger partial charge in [0.1, 0.15) is 11.6 Å². The van der Waals surface area contributed by atoms with Crippen LogP contribution >= 0.6 is 12.2 Å². The fourth-order valence-corrected chi connectivity index (χ4v) is 6.19. The van der Waals surface area contributed by atoms with E-state index < -0.39 is 9.84 Å². The van der Waals surface area contributed by atoms with E-state index in [4.69, 9.17) is 17.3 Å². The first-order chi connectivity index (χ1) is 15.6. The summed E-state index contributed by atoms with van der Waals surface area (Å²) in [6.45, 7) is 5.17. The second-order valence-electron chi connectivity index (χ2n) is 8.79. The zero-order valence-corrected chi connectivity index (χ0v) is 20.1. The smallest absolute Gasteiger partial charge is 0.204 e. The fourth-order valence-electron chi connectivity index (χ4n) is 4.14. The number of hydrogen-bond acceptors (Lipinski definition) is 5. The Hall–Kier alpha value is -2.43. The van der Waals surface area contributed by atoms with Gasteiger partial charge in [0.25, 0.3) is 0 Å². The SMILES string of the molecule is CC(C)CN(Cn1nc(-c2ccc(F)cc2)n(-c2ccc(F)cc2)c1=S)[C@@H]1CCS(=O)(=O)C1. The number of halogens is 2. The Balaban J connectivity index is 1.77. The standard InChI is InChI=1S/C23H26F2N4O2S2/c1-16(2)13-27(21-11-12-33(30,31)14-21)15-28-23(32)29(20-9-7-19(25)8-10-20)22(26-28)17-3-5-18(24)6-4-17/h3-10,16,21H,11-15H2,1-2H3/t21-/m1/s1. The van der Waals surface area contributed by atoms with Gasteiger partial charge in [-0.15, -0.1) is 5.10 Å². The molecule has 10 heteroatoms. The lowest BCUT2D eigenvalue weighted by Gasteiger charge is -2.29. The molecule has 6 nitrogen and oxygen atoms in total. The van der Waals surface area contributed by atoms with Crippen molar-refractivity contribution in [1.82, 2.24) is 19.2 Å². The first kappa shape index (κ1) is 23.7. The molecule has 0 unspecified atom stereocenters. The van der Waals surface area contributed by atoms with Crippen LogP contribution in [0.3, 0.4) is 0 Å². The van der Waals surface area contributed by atoms with E-state index in [0.29, 0.717) is 47.4 Å². The lowest BCUT2D eigenvalue weighted by Crippen LogP contribution is -2.40. The van der Waals surface area contributed by atoms with Crippen molar-refractivity contribution in [3.63, 3.8) is 0 Å². The number of benzene rings is 2. The molecule has 1 aliphatic heterocycles. The maximum atomic E-state index is 13.6. The molecule has 4 rings (SSSR count). The molecule has 176 valence electrons. The summed E-state index contributed by atoms with van der Waals surface area (Å²) in [7, 11) is -3.05. The van der Waals surface area contributed by atoms with Crippen molar-refractivity contribution in [3.05, 3.63) is 64.9 Å². The number of rotatable bonds is 7. The summed E-state index contributed by atoms with van der Waals surface area (Å²) in [4.78, 5) is 2.11. The van der Waals surface area contributed by atoms with Gasteiger partial charge in [-0.2, -0.15) is 0 Å². The van der Waals surface area contributed by atoms with E-state index in [9.17, 15) is 17.2 Å². The van der Waals surface area contributed by atoms with Gasteiger partial charge in [-0.25, -0.2) is 21.9 Å². The van der Waals surface area contributed by atoms with Gasteiger partial charge in [0.05, 0.1) is 23.9 Å². The molecule has 2 aromatic carbocycles. The second-order valence-corrected chi connectivity index (χ2v) is 11.4. The molecule has 1 saturated heterocycles. The summed E-state index contributed by atoms with van der Waals surface area (Å²) >= 11 is 5.76. The van der Waals surface area contributed by atoms with Crippen molar-refractivity contribution >= 4 is 22.1 Å². The largest absolute Gasteiger partial charge is 0.280 e. The van der Waals surface area contributed by atoms with E-state index in [1.807, 2.05) is 0 Å². The summed E-state index contributed by atoms with van der Waals surface area (Å²) in [5, 5.41) is 4.73. The third kappa shape index (κ3) is 5.39. The van der Waals surface area contributed by atoms with Crippen LogP contribution in [-0.2, 0) is 16.5 Å². The van der Waals surface area contributed by atoms with Crippen LogP contribution in [0.25, 0.3) is 17.1 Å². The molecule has 3 aromatic rings. The van der Waals surface area contributed by atoms with Crippen LogP contribution in [0, 0.1) is 22.3 Å². The number of aromatic nitrogens is 3. The fraction of sp³-hybridized carbons (Fsp3) is 0.391. The van der Waals surface area contributed by atoms with Crippen LogP contribution < -0.4 is 0 Å². The summed E-state index contributed by atoms with van der Waals surface area (Å²) < 4.78 is 55.0. The minimum atomic E-state index is -3.05. The predicted octanol–water partition coefficient (Wildman–Crippen LogP) is 4.45. The van der Waals surface area contributed by atoms with E-state index in [1.54, 1.807) is 33.5 Å². The molecule has 2 heterocycles. The third-order valence-corrected chi connectivity index (χ3v) is 7.81. The number of nitrogens with zero attached hydrogens (tertiary/aromatic N) is 4. The molecule has 1 aliphatic rings. The van der Waals surface area contributed by atoms with Crippen molar-refractivity contribution < 1.29 is 17.2 Å². The molecule has 33 heavy (non-hydrogen) atoms. The Morgan fingerprint density at radius 2 is 1.70 bits per heavy atom. The molecule has 1 atom stereocenters. The molecule has 0 N–H and O–H groups in total. The van der Waals surface area contributed by atoms with Gasteiger partial charge in [-0.05, 0) is 73.1 Å². The summed E-state index contributed by atoms with van der Waals surface area (Å²) in [5.41, 5.74) is 1.29. The quantitative estimate of drug-likeness (QED) is 0.456. The van der Waals surface area contributed by atoms with Gasteiger partial charge in [0.15, 0.2) is 15.7 Å². The molecule has 0 saturated carbocycles. The average molecular weight is 493 g/mol. The normalized spacial score (nSPS) is 17.8. The zero-order chi connectivity index (χ0) is 23.8. The summed E-state index contributed by atoms with van der Waals surface area (Å²) in [6, 6.07) is 11.7. The Morgan fingerprint density at radius 3 is 2.24 bits per heavy atom. The van der Waals surface area contributed by atoms with Crippen LogP contribution in [0.15, 0.2) is 48.5 Å². The molecular formula is C23H26F2N4O2S2. The minimum absolute atomic E-state index is 0.107. The molecule has 1 aromatic heterocycles. The minimum Gasteiger partial charge on any atom is -0.280 e. The highest BCUT2D eigenvalue weighted by Crippen LogP contribution is 2.25. The monoisotopic (exact) mass is 492 g/mol. The van der Waals surface area contributed by atoms with Gasteiger partial charge in [-0.3, -0.25) is 9.47 Å². The van der Waals surface area contributed by atoms with Crippen LogP contribution in [0.1, 0.15) is 20.3 Å². The maximum Gasteiger partial charge on any atom is 0.204 e. The van der Waals surface area contributed by atoms with Gasteiger partial charge < -0.3 is 0 Å². The van der Waals surface area contributed by atoms with Crippen molar-refractivity contribution in [2.45, 2.75) is 33.0 Å². The van der Waals surface area contributed by atoms with Crippen molar-refractivity contribution in [1.29, 1.82) is 0 Å². The van der Waals surface area contributed by atoms with E-state index >= 15 is 0 Å². The van der Waals surface area contributed by atoms with Crippen molar-refractivity contribution in [2.75, 3.05) is 18.1 Å². The van der Waals surface area contributed by atoms with Crippen LogP contribution in [-0.4, -0.2) is 51.8 Å². The summed E-state index contributed by atoms with van der Waals surface area (Å²) in [6.07, 6.45) is 0.575. The van der Waals surface area contributed by atoms with Gasteiger partial charge in [-0.1, -0.05) is 13.8 Å². The number of hydrogen-bond donors (Lipinski definition) is 0. The topological polar surface area (TPSA) is 60.1 Å². The van der Waals surface area contributed by atoms with E-state index in [0.717, 1.165) is 0 Å².